The second-order valence-electron chi connectivity index (χ2n) is 5.20. The second kappa shape index (κ2) is 6.60. The molecular weight excluding hydrogens is 212 g/mol. The first kappa shape index (κ1) is 14.0. The molecular formula is C14H24N2O. The van der Waals surface area contributed by atoms with Gasteiger partial charge in [-0.15, -0.1) is 0 Å². The van der Waals surface area contributed by atoms with Crippen molar-refractivity contribution in [3.8, 4) is 0 Å². The van der Waals surface area contributed by atoms with E-state index in [1.165, 1.54) is 0 Å². The molecule has 0 aliphatic carbocycles. The highest BCUT2D eigenvalue weighted by Crippen LogP contribution is 2.21. The minimum Gasteiger partial charge on any atom is -0.392 e. The van der Waals surface area contributed by atoms with E-state index < -0.39 is 0 Å². The first-order valence-electron chi connectivity index (χ1n) is 6.34. The van der Waals surface area contributed by atoms with E-state index in [0.717, 1.165) is 17.9 Å². The molecule has 0 saturated heterocycles. The van der Waals surface area contributed by atoms with Gasteiger partial charge in [0.15, 0.2) is 0 Å². The van der Waals surface area contributed by atoms with Crippen LogP contribution in [0.15, 0.2) is 18.3 Å². The van der Waals surface area contributed by atoms with Gasteiger partial charge in [0.25, 0.3) is 0 Å². The summed E-state index contributed by atoms with van der Waals surface area (Å²) < 4.78 is 0. The zero-order valence-electron chi connectivity index (χ0n) is 11.3. The summed E-state index contributed by atoms with van der Waals surface area (Å²) in [6, 6.07) is 3.74. The smallest absolute Gasteiger partial charge is 0.131 e. The molecule has 0 unspecified atom stereocenters. The van der Waals surface area contributed by atoms with Crippen LogP contribution in [0.2, 0.25) is 0 Å². The number of nitrogens with one attached hydrogen (secondary N) is 1. The molecule has 2 N–H and O–H groups in total. The summed E-state index contributed by atoms with van der Waals surface area (Å²) >= 11 is 0. The Balaban J connectivity index is 2.65. The number of pyridine rings is 1. The van der Waals surface area contributed by atoms with Gasteiger partial charge in [-0.2, -0.15) is 0 Å². The van der Waals surface area contributed by atoms with E-state index in [9.17, 15) is 5.11 Å². The third-order valence-corrected chi connectivity index (χ3v) is 3.28. The standard InChI is InChI=1S/C14H24N2O/c1-10(2)13(11(3)4)8-16-14-12(9-17)6-5-7-15-14/h5-7,10-11,13,17H,8-9H2,1-4H3,(H,15,16). The Kier molecular flexibility index (Phi) is 5.42. The topological polar surface area (TPSA) is 45.2 Å². The third-order valence-electron chi connectivity index (χ3n) is 3.28. The van der Waals surface area contributed by atoms with Crippen LogP contribution in [0, 0.1) is 17.8 Å². The van der Waals surface area contributed by atoms with Gasteiger partial charge < -0.3 is 10.4 Å². The quantitative estimate of drug-likeness (QED) is 0.798. The maximum Gasteiger partial charge on any atom is 0.131 e. The fourth-order valence-corrected chi connectivity index (χ4v) is 2.18. The Labute approximate surface area is 104 Å². The van der Waals surface area contributed by atoms with E-state index in [1.54, 1.807) is 6.20 Å². The molecule has 0 atom stereocenters. The Hall–Kier alpha value is -1.09. The summed E-state index contributed by atoms with van der Waals surface area (Å²) in [5, 5.41) is 12.6. The fraction of sp³-hybridized carbons (Fsp3) is 0.643. The van der Waals surface area contributed by atoms with E-state index in [1.807, 2.05) is 12.1 Å². The Morgan fingerprint density at radius 1 is 1.24 bits per heavy atom. The van der Waals surface area contributed by atoms with Crippen molar-refractivity contribution in [1.82, 2.24) is 4.98 Å². The van der Waals surface area contributed by atoms with Gasteiger partial charge in [0.05, 0.1) is 6.61 Å². The molecule has 17 heavy (non-hydrogen) atoms. The Morgan fingerprint density at radius 2 is 1.88 bits per heavy atom. The van der Waals surface area contributed by atoms with Crippen LogP contribution >= 0.6 is 0 Å². The van der Waals surface area contributed by atoms with Crippen molar-refractivity contribution >= 4 is 5.82 Å². The van der Waals surface area contributed by atoms with E-state index in [-0.39, 0.29) is 6.61 Å². The molecule has 0 spiro atoms. The van der Waals surface area contributed by atoms with Gasteiger partial charge in [0.2, 0.25) is 0 Å². The number of hydrogen-bond donors (Lipinski definition) is 2. The minimum atomic E-state index is 0.0319. The fourth-order valence-electron chi connectivity index (χ4n) is 2.18. The van der Waals surface area contributed by atoms with E-state index >= 15 is 0 Å². The molecule has 1 aromatic heterocycles. The molecule has 0 fully saturated rings. The average molecular weight is 236 g/mol. The van der Waals surface area contributed by atoms with Crippen LogP contribution in [0.3, 0.4) is 0 Å². The van der Waals surface area contributed by atoms with Gasteiger partial charge in [-0.25, -0.2) is 4.98 Å². The van der Waals surface area contributed by atoms with E-state index in [0.29, 0.717) is 17.8 Å². The van der Waals surface area contributed by atoms with Crippen molar-refractivity contribution in [2.45, 2.75) is 34.3 Å². The zero-order valence-corrected chi connectivity index (χ0v) is 11.3. The number of anilines is 1. The molecule has 0 bridgehead atoms. The van der Waals surface area contributed by atoms with Gasteiger partial charge in [0, 0.05) is 18.3 Å². The molecule has 96 valence electrons. The van der Waals surface area contributed by atoms with Crippen molar-refractivity contribution in [3.05, 3.63) is 23.9 Å². The number of rotatable bonds is 6. The highest BCUT2D eigenvalue weighted by Gasteiger charge is 2.17. The molecule has 1 rings (SSSR count). The Morgan fingerprint density at radius 3 is 2.41 bits per heavy atom. The molecule has 0 saturated carbocycles. The molecule has 0 amide bonds. The lowest BCUT2D eigenvalue weighted by atomic mass is 9.85. The monoisotopic (exact) mass is 236 g/mol. The summed E-state index contributed by atoms with van der Waals surface area (Å²) in [5.74, 6) is 2.71. The molecule has 0 aliphatic rings. The molecule has 1 aromatic rings. The first-order chi connectivity index (χ1) is 8.06. The lowest BCUT2D eigenvalue weighted by Gasteiger charge is -2.25. The minimum absolute atomic E-state index is 0.0319. The van der Waals surface area contributed by atoms with Crippen LogP contribution in [0.1, 0.15) is 33.3 Å². The van der Waals surface area contributed by atoms with Crippen LogP contribution in [-0.4, -0.2) is 16.6 Å². The van der Waals surface area contributed by atoms with Crippen molar-refractivity contribution in [2.75, 3.05) is 11.9 Å². The van der Waals surface area contributed by atoms with Crippen LogP contribution < -0.4 is 5.32 Å². The molecule has 0 aliphatic heterocycles. The summed E-state index contributed by atoms with van der Waals surface area (Å²) in [6.07, 6.45) is 1.75. The van der Waals surface area contributed by atoms with Gasteiger partial charge in [-0.1, -0.05) is 33.8 Å². The highest BCUT2D eigenvalue weighted by molar-refractivity contribution is 5.43. The van der Waals surface area contributed by atoms with Crippen molar-refractivity contribution in [1.29, 1.82) is 0 Å². The maximum atomic E-state index is 9.22. The molecule has 3 heteroatoms. The molecule has 3 nitrogen and oxygen atoms in total. The maximum absolute atomic E-state index is 9.22. The summed E-state index contributed by atoms with van der Waals surface area (Å²) in [6.45, 7) is 9.93. The largest absolute Gasteiger partial charge is 0.392 e. The van der Waals surface area contributed by atoms with E-state index in [4.69, 9.17) is 0 Å². The second-order valence-corrected chi connectivity index (χ2v) is 5.20. The highest BCUT2D eigenvalue weighted by atomic mass is 16.3. The number of nitrogens with zero attached hydrogens (tertiary/aromatic N) is 1. The third kappa shape index (κ3) is 4.00. The van der Waals surface area contributed by atoms with Gasteiger partial charge in [-0.3, -0.25) is 0 Å². The summed E-state index contributed by atoms with van der Waals surface area (Å²) in [4.78, 5) is 4.27. The van der Waals surface area contributed by atoms with Crippen molar-refractivity contribution < 1.29 is 5.11 Å². The van der Waals surface area contributed by atoms with E-state index in [2.05, 4.69) is 38.0 Å². The summed E-state index contributed by atoms with van der Waals surface area (Å²) in [7, 11) is 0. The van der Waals surface area contributed by atoms with Crippen LogP contribution in [-0.2, 0) is 6.61 Å². The Bertz CT molecular complexity index is 329. The molecule has 1 heterocycles. The predicted molar refractivity (Wildman–Crippen MR) is 71.8 cm³/mol. The lowest BCUT2D eigenvalue weighted by Crippen LogP contribution is -2.25. The van der Waals surface area contributed by atoms with Crippen LogP contribution in [0.5, 0.6) is 0 Å². The van der Waals surface area contributed by atoms with Gasteiger partial charge in [0.1, 0.15) is 5.82 Å². The lowest BCUT2D eigenvalue weighted by molar-refractivity contribution is 0.281. The number of aliphatic hydroxyl groups is 1. The predicted octanol–water partition coefficient (Wildman–Crippen LogP) is 2.91. The van der Waals surface area contributed by atoms with Crippen LogP contribution in [0.25, 0.3) is 0 Å². The van der Waals surface area contributed by atoms with Crippen molar-refractivity contribution in [2.24, 2.45) is 17.8 Å². The SMILES string of the molecule is CC(C)C(CNc1ncccc1CO)C(C)C. The normalized spacial score (nSPS) is 11.5. The molecule has 0 aromatic carbocycles. The van der Waals surface area contributed by atoms with Crippen LogP contribution in [0.4, 0.5) is 5.82 Å². The van der Waals surface area contributed by atoms with Gasteiger partial charge >= 0.3 is 0 Å². The summed E-state index contributed by atoms with van der Waals surface area (Å²) in [5.41, 5.74) is 0.860. The van der Waals surface area contributed by atoms with Gasteiger partial charge in [-0.05, 0) is 23.8 Å². The number of aliphatic hydroxyl groups excluding tert-OH is 1. The zero-order chi connectivity index (χ0) is 12.8. The molecule has 0 radical (unpaired) electrons. The average Bonchev–Trinajstić information content (AvgIpc) is 2.29. The first-order valence-corrected chi connectivity index (χ1v) is 6.34. The van der Waals surface area contributed by atoms with Crippen molar-refractivity contribution in [3.63, 3.8) is 0 Å². The number of aromatic nitrogens is 1. The number of hydrogen-bond acceptors (Lipinski definition) is 3.